The van der Waals surface area contributed by atoms with E-state index in [0.29, 0.717) is 6.54 Å². The number of carbonyl (C=O) groups is 1. The fourth-order valence-electron chi connectivity index (χ4n) is 3.71. The summed E-state index contributed by atoms with van der Waals surface area (Å²) in [6, 6.07) is 6.40. The molecule has 1 aromatic heterocycles. The molecule has 0 bridgehead atoms. The Kier molecular flexibility index (Phi) is 4.37. The zero-order valence-corrected chi connectivity index (χ0v) is 14.9. The first-order valence-corrected chi connectivity index (χ1v) is 9.67. The van der Waals surface area contributed by atoms with Gasteiger partial charge in [0.25, 0.3) is 0 Å². The van der Waals surface area contributed by atoms with Gasteiger partial charge in [0.1, 0.15) is 0 Å². The number of piperidine rings is 1. The maximum Gasteiger partial charge on any atom is 0.241 e. The first kappa shape index (κ1) is 15.8. The molecule has 4 nitrogen and oxygen atoms in total. The number of likely N-dealkylation sites (tertiary alicyclic amines) is 1. The lowest BCUT2D eigenvalue weighted by Crippen LogP contribution is -2.41. The second-order valence-corrected chi connectivity index (χ2v) is 7.79. The average molecular weight is 341 g/mol. The van der Waals surface area contributed by atoms with Crippen molar-refractivity contribution in [2.75, 3.05) is 31.1 Å². The standard InChI is InChI=1S/C19H23N3OS/c1-14-20-17(13-24-14)15-5-6-18-16(11-15)7-10-22(18)19(23)12-21-8-3-2-4-9-21/h5-6,11,13H,2-4,7-10,12H2,1H3. The van der Waals surface area contributed by atoms with E-state index in [1.165, 1.54) is 24.8 Å². The summed E-state index contributed by atoms with van der Waals surface area (Å²) in [5.74, 6) is 0.243. The molecule has 2 aliphatic rings. The maximum absolute atomic E-state index is 12.7. The molecule has 1 aromatic carbocycles. The molecule has 4 rings (SSSR count). The van der Waals surface area contributed by atoms with Crippen LogP contribution in [0.15, 0.2) is 23.6 Å². The van der Waals surface area contributed by atoms with E-state index >= 15 is 0 Å². The molecule has 2 aromatic rings. The van der Waals surface area contributed by atoms with Gasteiger partial charge in [-0.15, -0.1) is 11.3 Å². The van der Waals surface area contributed by atoms with E-state index < -0.39 is 0 Å². The van der Waals surface area contributed by atoms with Crippen LogP contribution in [0.5, 0.6) is 0 Å². The molecule has 2 aliphatic heterocycles. The Morgan fingerprint density at radius 3 is 2.79 bits per heavy atom. The van der Waals surface area contributed by atoms with Gasteiger partial charge in [-0.25, -0.2) is 4.98 Å². The number of carbonyl (C=O) groups excluding carboxylic acids is 1. The molecule has 1 saturated heterocycles. The number of rotatable bonds is 3. The van der Waals surface area contributed by atoms with Crippen LogP contribution in [0.1, 0.15) is 29.8 Å². The molecule has 24 heavy (non-hydrogen) atoms. The van der Waals surface area contributed by atoms with Crippen LogP contribution in [0.4, 0.5) is 5.69 Å². The lowest BCUT2D eigenvalue weighted by molar-refractivity contribution is -0.119. The fourth-order valence-corrected chi connectivity index (χ4v) is 4.33. The summed E-state index contributed by atoms with van der Waals surface area (Å²) in [6.07, 6.45) is 4.69. The number of anilines is 1. The normalized spacial score (nSPS) is 18.0. The van der Waals surface area contributed by atoms with Crippen LogP contribution in [0.2, 0.25) is 0 Å². The largest absolute Gasteiger partial charge is 0.311 e. The molecule has 3 heterocycles. The highest BCUT2D eigenvalue weighted by atomic mass is 32.1. The van der Waals surface area contributed by atoms with Gasteiger partial charge in [-0.2, -0.15) is 0 Å². The zero-order valence-electron chi connectivity index (χ0n) is 14.1. The molecule has 0 aliphatic carbocycles. The van der Waals surface area contributed by atoms with Gasteiger partial charge < -0.3 is 4.90 Å². The molecule has 0 radical (unpaired) electrons. The Labute approximate surface area is 147 Å². The van der Waals surface area contributed by atoms with Gasteiger partial charge in [-0.3, -0.25) is 9.69 Å². The van der Waals surface area contributed by atoms with Gasteiger partial charge in [-0.05, 0) is 57.0 Å². The van der Waals surface area contributed by atoms with Crippen molar-refractivity contribution in [1.29, 1.82) is 0 Å². The second kappa shape index (κ2) is 6.65. The van der Waals surface area contributed by atoms with Crippen molar-refractivity contribution >= 4 is 22.9 Å². The number of benzene rings is 1. The smallest absolute Gasteiger partial charge is 0.241 e. The molecule has 0 N–H and O–H groups in total. The fraction of sp³-hybridized carbons (Fsp3) is 0.474. The third-order valence-electron chi connectivity index (χ3n) is 5.00. The van der Waals surface area contributed by atoms with Gasteiger partial charge in [0.2, 0.25) is 5.91 Å². The van der Waals surface area contributed by atoms with Crippen LogP contribution >= 0.6 is 11.3 Å². The van der Waals surface area contributed by atoms with E-state index in [9.17, 15) is 4.79 Å². The van der Waals surface area contributed by atoms with E-state index in [1.807, 2.05) is 11.8 Å². The summed E-state index contributed by atoms with van der Waals surface area (Å²) < 4.78 is 0. The first-order valence-electron chi connectivity index (χ1n) is 8.79. The van der Waals surface area contributed by atoms with Gasteiger partial charge in [0.05, 0.1) is 17.2 Å². The van der Waals surface area contributed by atoms with Crippen molar-refractivity contribution in [3.05, 3.63) is 34.2 Å². The van der Waals surface area contributed by atoms with Crippen LogP contribution in [0, 0.1) is 6.92 Å². The minimum atomic E-state index is 0.243. The maximum atomic E-state index is 12.7. The average Bonchev–Trinajstić information content (AvgIpc) is 3.21. The molecular formula is C19H23N3OS. The van der Waals surface area contributed by atoms with Crippen LogP contribution < -0.4 is 4.90 Å². The number of aromatic nitrogens is 1. The number of aryl methyl sites for hydroxylation is 1. The van der Waals surface area contributed by atoms with E-state index in [2.05, 4.69) is 33.5 Å². The van der Waals surface area contributed by atoms with Crippen molar-refractivity contribution in [2.45, 2.75) is 32.6 Å². The minimum Gasteiger partial charge on any atom is -0.311 e. The molecule has 126 valence electrons. The monoisotopic (exact) mass is 341 g/mol. The lowest BCUT2D eigenvalue weighted by Gasteiger charge is -2.28. The lowest BCUT2D eigenvalue weighted by atomic mass is 10.1. The van der Waals surface area contributed by atoms with E-state index in [-0.39, 0.29) is 5.91 Å². The number of amides is 1. The summed E-state index contributed by atoms with van der Waals surface area (Å²) >= 11 is 1.68. The van der Waals surface area contributed by atoms with Gasteiger partial charge >= 0.3 is 0 Å². The highest BCUT2D eigenvalue weighted by Gasteiger charge is 2.26. The Morgan fingerprint density at radius 2 is 2.04 bits per heavy atom. The van der Waals surface area contributed by atoms with Gasteiger partial charge in [-0.1, -0.05) is 12.5 Å². The topological polar surface area (TPSA) is 36.4 Å². The number of hydrogen-bond donors (Lipinski definition) is 0. The van der Waals surface area contributed by atoms with E-state index in [0.717, 1.165) is 48.0 Å². The third-order valence-corrected chi connectivity index (χ3v) is 5.77. The van der Waals surface area contributed by atoms with Crippen LogP contribution in [0.3, 0.4) is 0 Å². The summed E-state index contributed by atoms with van der Waals surface area (Å²) in [5, 5.41) is 3.19. The van der Waals surface area contributed by atoms with E-state index in [4.69, 9.17) is 0 Å². The van der Waals surface area contributed by atoms with Crippen molar-refractivity contribution in [3.8, 4) is 11.3 Å². The molecule has 0 atom stereocenters. The predicted octanol–water partition coefficient (Wildman–Crippen LogP) is 3.49. The van der Waals surface area contributed by atoms with Crippen molar-refractivity contribution < 1.29 is 4.79 Å². The SMILES string of the molecule is Cc1nc(-c2ccc3c(c2)CCN3C(=O)CN2CCCCC2)cs1. The quantitative estimate of drug-likeness (QED) is 0.857. The Bertz CT molecular complexity index is 749. The number of hydrogen-bond acceptors (Lipinski definition) is 4. The molecule has 1 fully saturated rings. The molecular weight excluding hydrogens is 318 g/mol. The summed E-state index contributed by atoms with van der Waals surface area (Å²) in [7, 11) is 0. The second-order valence-electron chi connectivity index (χ2n) is 6.73. The molecule has 5 heteroatoms. The van der Waals surface area contributed by atoms with Crippen LogP contribution in [-0.4, -0.2) is 42.0 Å². The van der Waals surface area contributed by atoms with Crippen LogP contribution in [-0.2, 0) is 11.2 Å². The van der Waals surface area contributed by atoms with Gasteiger partial charge in [0, 0.05) is 23.2 Å². The first-order chi connectivity index (χ1) is 11.7. The molecule has 0 saturated carbocycles. The zero-order chi connectivity index (χ0) is 16.5. The van der Waals surface area contributed by atoms with Crippen LogP contribution in [0.25, 0.3) is 11.3 Å². The van der Waals surface area contributed by atoms with Crippen molar-refractivity contribution in [1.82, 2.24) is 9.88 Å². The Balaban J connectivity index is 1.50. The number of nitrogens with zero attached hydrogens (tertiary/aromatic N) is 3. The molecule has 0 unspecified atom stereocenters. The summed E-state index contributed by atoms with van der Waals surface area (Å²) in [4.78, 5) is 21.6. The molecule has 0 spiro atoms. The van der Waals surface area contributed by atoms with E-state index in [1.54, 1.807) is 11.3 Å². The number of fused-ring (bicyclic) bond motifs is 1. The Morgan fingerprint density at radius 1 is 1.21 bits per heavy atom. The Hall–Kier alpha value is -1.72. The molecule has 1 amide bonds. The predicted molar refractivity (Wildman–Crippen MR) is 98.6 cm³/mol. The third kappa shape index (κ3) is 3.10. The minimum absolute atomic E-state index is 0.243. The van der Waals surface area contributed by atoms with Gasteiger partial charge in [0.15, 0.2) is 0 Å². The van der Waals surface area contributed by atoms with Crippen molar-refractivity contribution in [3.63, 3.8) is 0 Å². The highest BCUT2D eigenvalue weighted by molar-refractivity contribution is 7.09. The highest BCUT2D eigenvalue weighted by Crippen LogP contribution is 2.33. The number of thiazole rings is 1. The van der Waals surface area contributed by atoms with Crippen molar-refractivity contribution in [2.24, 2.45) is 0 Å². The summed E-state index contributed by atoms with van der Waals surface area (Å²) in [5.41, 5.74) is 4.56. The summed E-state index contributed by atoms with van der Waals surface area (Å²) in [6.45, 7) is 5.53.